The molecule has 3 N–H and O–H groups in total. The summed E-state index contributed by atoms with van der Waals surface area (Å²) in [5.74, 6) is 3.52. The van der Waals surface area contributed by atoms with Crippen molar-refractivity contribution in [1.29, 1.82) is 0 Å². The number of hydrogen-bond donors (Lipinski definition) is 2. The van der Waals surface area contributed by atoms with Crippen LogP contribution in [-0.4, -0.2) is 17.1 Å². The molecule has 0 saturated heterocycles. The summed E-state index contributed by atoms with van der Waals surface area (Å²) in [4.78, 5) is 9.03. The van der Waals surface area contributed by atoms with Crippen molar-refractivity contribution in [3.63, 3.8) is 0 Å². The maximum atomic E-state index is 6.01. The second-order valence-corrected chi connectivity index (χ2v) is 5.52. The van der Waals surface area contributed by atoms with Crippen molar-refractivity contribution in [2.45, 2.75) is 32.6 Å². The van der Waals surface area contributed by atoms with E-state index in [1.54, 1.807) is 7.11 Å². The van der Waals surface area contributed by atoms with E-state index in [0.717, 1.165) is 47.0 Å². The van der Waals surface area contributed by atoms with Crippen LogP contribution in [0, 0.1) is 13.8 Å². The van der Waals surface area contributed by atoms with E-state index in [1.807, 2.05) is 32.0 Å². The molecule has 1 aromatic carbocycles. The minimum atomic E-state index is 0.477. The Morgan fingerprint density at radius 3 is 2.62 bits per heavy atom. The predicted octanol–water partition coefficient (Wildman–Crippen LogP) is 3.31. The molecule has 3 rings (SSSR count). The summed E-state index contributed by atoms with van der Waals surface area (Å²) in [5, 5.41) is 3.37. The van der Waals surface area contributed by atoms with Gasteiger partial charge in [0.1, 0.15) is 23.2 Å². The molecular weight excluding hydrogens is 264 g/mol. The van der Waals surface area contributed by atoms with E-state index < -0.39 is 0 Å². The maximum absolute atomic E-state index is 6.01. The number of nitrogens with one attached hydrogen (secondary N) is 1. The van der Waals surface area contributed by atoms with Crippen molar-refractivity contribution in [2.24, 2.45) is 0 Å². The molecule has 0 radical (unpaired) electrons. The van der Waals surface area contributed by atoms with Gasteiger partial charge in [0.2, 0.25) is 0 Å². The number of rotatable bonds is 4. The van der Waals surface area contributed by atoms with Crippen LogP contribution < -0.4 is 15.8 Å². The molecule has 0 unspecified atom stereocenters. The highest BCUT2D eigenvalue weighted by Crippen LogP contribution is 2.39. The summed E-state index contributed by atoms with van der Waals surface area (Å²) in [5.41, 5.74) is 8.99. The molecule has 110 valence electrons. The molecule has 1 fully saturated rings. The summed E-state index contributed by atoms with van der Waals surface area (Å²) in [7, 11) is 1.67. The van der Waals surface area contributed by atoms with Gasteiger partial charge in [-0.3, -0.25) is 0 Å². The van der Waals surface area contributed by atoms with E-state index in [2.05, 4.69) is 15.3 Å². The van der Waals surface area contributed by atoms with Crippen LogP contribution in [0.4, 0.5) is 17.3 Å². The quantitative estimate of drug-likeness (QED) is 0.901. The number of methoxy groups -OCH3 is 1. The van der Waals surface area contributed by atoms with Crippen molar-refractivity contribution in [3.8, 4) is 5.75 Å². The van der Waals surface area contributed by atoms with Crippen molar-refractivity contribution >= 4 is 17.3 Å². The molecule has 0 bridgehead atoms. The Labute approximate surface area is 124 Å². The molecular formula is C16H20N4O. The van der Waals surface area contributed by atoms with E-state index in [4.69, 9.17) is 10.5 Å². The normalized spacial score (nSPS) is 14.0. The second kappa shape index (κ2) is 5.24. The average molecular weight is 284 g/mol. The maximum Gasteiger partial charge on any atom is 0.139 e. The van der Waals surface area contributed by atoms with Crippen LogP contribution in [0.5, 0.6) is 5.75 Å². The van der Waals surface area contributed by atoms with Crippen LogP contribution in [0.1, 0.15) is 35.7 Å². The summed E-state index contributed by atoms with van der Waals surface area (Å²) >= 11 is 0. The first-order valence-electron chi connectivity index (χ1n) is 7.14. The fourth-order valence-electron chi connectivity index (χ4n) is 2.23. The lowest BCUT2D eigenvalue weighted by molar-refractivity contribution is 0.414. The van der Waals surface area contributed by atoms with Crippen LogP contribution in [-0.2, 0) is 0 Å². The average Bonchev–Trinajstić information content (AvgIpc) is 3.30. The topological polar surface area (TPSA) is 73.1 Å². The number of anilines is 3. The molecule has 0 spiro atoms. The highest BCUT2D eigenvalue weighted by Gasteiger charge is 2.28. The van der Waals surface area contributed by atoms with Gasteiger partial charge in [-0.2, -0.15) is 0 Å². The molecule has 1 heterocycles. The van der Waals surface area contributed by atoms with Gasteiger partial charge in [-0.15, -0.1) is 0 Å². The molecule has 1 saturated carbocycles. The van der Waals surface area contributed by atoms with Crippen molar-refractivity contribution in [1.82, 2.24) is 9.97 Å². The number of benzene rings is 1. The van der Waals surface area contributed by atoms with E-state index in [9.17, 15) is 0 Å². The molecule has 0 amide bonds. The van der Waals surface area contributed by atoms with Gasteiger partial charge in [0, 0.05) is 17.2 Å². The van der Waals surface area contributed by atoms with E-state index in [-0.39, 0.29) is 0 Å². The number of nitrogens with zero attached hydrogens (tertiary/aromatic N) is 2. The van der Waals surface area contributed by atoms with Crippen LogP contribution in [0.25, 0.3) is 0 Å². The fourth-order valence-corrected chi connectivity index (χ4v) is 2.23. The van der Waals surface area contributed by atoms with E-state index in [0.29, 0.717) is 11.7 Å². The third kappa shape index (κ3) is 2.77. The monoisotopic (exact) mass is 284 g/mol. The predicted molar refractivity (Wildman–Crippen MR) is 84.2 cm³/mol. The molecule has 5 nitrogen and oxygen atoms in total. The van der Waals surface area contributed by atoms with Crippen molar-refractivity contribution < 1.29 is 4.74 Å². The Bertz CT molecular complexity index is 680. The van der Waals surface area contributed by atoms with Crippen LogP contribution in [0.2, 0.25) is 0 Å². The molecule has 1 aliphatic carbocycles. The van der Waals surface area contributed by atoms with E-state index >= 15 is 0 Å². The highest BCUT2D eigenvalue weighted by molar-refractivity contribution is 5.66. The first kappa shape index (κ1) is 13.7. The standard InChI is InChI=1S/C16H20N4O/c1-9-8-12(21-3)6-7-13(9)18-15-10(2)14(17)19-16(20-15)11-4-5-11/h6-8,11H,4-5H2,1-3H3,(H3,17,18,19,20). The lowest BCUT2D eigenvalue weighted by atomic mass is 10.2. The second-order valence-electron chi connectivity index (χ2n) is 5.52. The number of nitrogens with two attached hydrogens (primary N) is 1. The third-order valence-electron chi connectivity index (χ3n) is 3.83. The van der Waals surface area contributed by atoms with Gasteiger partial charge in [-0.05, 0) is 50.5 Å². The summed E-state index contributed by atoms with van der Waals surface area (Å²) in [6, 6.07) is 5.91. The van der Waals surface area contributed by atoms with Gasteiger partial charge in [0.15, 0.2) is 0 Å². The Morgan fingerprint density at radius 2 is 2.00 bits per heavy atom. The summed E-state index contributed by atoms with van der Waals surface area (Å²) in [6.07, 6.45) is 2.31. The number of nitrogen functional groups attached to an aromatic ring is 1. The van der Waals surface area contributed by atoms with Gasteiger partial charge >= 0.3 is 0 Å². The van der Waals surface area contributed by atoms with Crippen LogP contribution >= 0.6 is 0 Å². The van der Waals surface area contributed by atoms with Gasteiger partial charge in [0.05, 0.1) is 7.11 Å². The number of hydrogen-bond acceptors (Lipinski definition) is 5. The lowest BCUT2D eigenvalue weighted by Gasteiger charge is -2.14. The zero-order valence-corrected chi connectivity index (χ0v) is 12.6. The zero-order valence-electron chi connectivity index (χ0n) is 12.6. The summed E-state index contributed by atoms with van der Waals surface area (Å²) < 4.78 is 5.23. The molecule has 5 heteroatoms. The van der Waals surface area contributed by atoms with Crippen molar-refractivity contribution in [3.05, 3.63) is 35.2 Å². The molecule has 0 atom stereocenters. The number of ether oxygens (including phenoxy) is 1. The Balaban J connectivity index is 1.93. The lowest BCUT2D eigenvalue weighted by Crippen LogP contribution is -2.07. The Kier molecular flexibility index (Phi) is 3.41. The minimum absolute atomic E-state index is 0.477. The van der Waals surface area contributed by atoms with Gasteiger partial charge in [-0.1, -0.05) is 0 Å². The molecule has 21 heavy (non-hydrogen) atoms. The smallest absolute Gasteiger partial charge is 0.139 e. The summed E-state index contributed by atoms with van der Waals surface area (Å²) in [6.45, 7) is 3.97. The van der Waals surface area contributed by atoms with Gasteiger partial charge in [0.25, 0.3) is 0 Å². The third-order valence-corrected chi connectivity index (χ3v) is 3.83. The fraction of sp³-hybridized carbons (Fsp3) is 0.375. The Hall–Kier alpha value is -2.30. The molecule has 1 aromatic heterocycles. The Morgan fingerprint density at radius 1 is 1.24 bits per heavy atom. The highest BCUT2D eigenvalue weighted by atomic mass is 16.5. The van der Waals surface area contributed by atoms with Crippen LogP contribution in [0.3, 0.4) is 0 Å². The van der Waals surface area contributed by atoms with E-state index in [1.165, 1.54) is 0 Å². The SMILES string of the molecule is COc1ccc(Nc2nc(C3CC3)nc(N)c2C)c(C)c1. The zero-order chi connectivity index (χ0) is 15.0. The largest absolute Gasteiger partial charge is 0.497 e. The molecule has 2 aromatic rings. The van der Waals surface area contributed by atoms with Crippen molar-refractivity contribution in [2.75, 3.05) is 18.2 Å². The minimum Gasteiger partial charge on any atom is -0.497 e. The first-order valence-corrected chi connectivity index (χ1v) is 7.14. The van der Waals surface area contributed by atoms with Gasteiger partial charge < -0.3 is 15.8 Å². The first-order chi connectivity index (χ1) is 10.1. The van der Waals surface area contributed by atoms with Gasteiger partial charge in [-0.25, -0.2) is 9.97 Å². The molecule has 1 aliphatic rings. The number of aromatic nitrogens is 2. The molecule has 0 aliphatic heterocycles. The number of aryl methyl sites for hydroxylation is 1. The van der Waals surface area contributed by atoms with Crippen LogP contribution in [0.15, 0.2) is 18.2 Å².